The van der Waals surface area contributed by atoms with Crippen LogP contribution in [-0.2, 0) is 6.18 Å². The predicted molar refractivity (Wildman–Crippen MR) is 88.7 cm³/mol. The molecule has 0 radical (unpaired) electrons. The number of piperazine rings is 1. The van der Waals surface area contributed by atoms with Crippen molar-refractivity contribution in [2.24, 2.45) is 0 Å². The molecule has 1 aliphatic rings. The predicted octanol–water partition coefficient (Wildman–Crippen LogP) is 3.61. The summed E-state index contributed by atoms with van der Waals surface area (Å²) in [6.07, 6.45) is -4.55. The molecule has 0 unspecified atom stereocenters. The molecule has 0 aromatic heterocycles. The first-order chi connectivity index (χ1) is 11.9. The fourth-order valence-electron chi connectivity index (χ4n) is 2.95. The van der Waals surface area contributed by atoms with Crippen molar-refractivity contribution < 1.29 is 18.3 Å². The molecule has 0 spiro atoms. The van der Waals surface area contributed by atoms with Gasteiger partial charge in [0.25, 0.3) is 0 Å². The van der Waals surface area contributed by atoms with E-state index < -0.39 is 11.7 Å². The van der Waals surface area contributed by atoms with Crippen LogP contribution in [0.3, 0.4) is 0 Å². The van der Waals surface area contributed by atoms with E-state index >= 15 is 0 Å². The van der Waals surface area contributed by atoms with Gasteiger partial charge >= 0.3 is 6.18 Å². The highest BCUT2D eigenvalue weighted by Gasteiger charge is 2.34. The van der Waals surface area contributed by atoms with Crippen LogP contribution in [0.4, 0.5) is 24.5 Å². The van der Waals surface area contributed by atoms with Gasteiger partial charge in [-0.3, -0.25) is 0 Å². The molecule has 0 amide bonds. The number of nitriles is 1. The molecule has 0 atom stereocenters. The van der Waals surface area contributed by atoms with Gasteiger partial charge in [0.05, 0.1) is 17.2 Å². The van der Waals surface area contributed by atoms with Gasteiger partial charge in [-0.1, -0.05) is 0 Å². The van der Waals surface area contributed by atoms with Gasteiger partial charge in [-0.2, -0.15) is 18.4 Å². The Hall–Kier alpha value is -2.88. The number of benzene rings is 2. The van der Waals surface area contributed by atoms with Crippen molar-refractivity contribution in [3.63, 3.8) is 0 Å². The lowest BCUT2D eigenvalue weighted by Crippen LogP contribution is -2.46. The first-order valence-electron chi connectivity index (χ1n) is 7.79. The van der Waals surface area contributed by atoms with Crippen LogP contribution in [-0.4, -0.2) is 31.3 Å². The van der Waals surface area contributed by atoms with Crippen molar-refractivity contribution in [2.75, 3.05) is 36.0 Å². The van der Waals surface area contributed by atoms with Crippen molar-refractivity contribution >= 4 is 11.4 Å². The minimum Gasteiger partial charge on any atom is -0.508 e. The summed E-state index contributed by atoms with van der Waals surface area (Å²) in [6.45, 7) is 2.46. The summed E-state index contributed by atoms with van der Waals surface area (Å²) in [5, 5.41) is 18.2. The molecule has 0 saturated carbocycles. The zero-order chi connectivity index (χ0) is 18.0. The fourth-order valence-corrected chi connectivity index (χ4v) is 2.95. The highest BCUT2D eigenvalue weighted by molar-refractivity contribution is 5.57. The third-order valence-electron chi connectivity index (χ3n) is 4.29. The van der Waals surface area contributed by atoms with Gasteiger partial charge in [0.15, 0.2) is 0 Å². The number of aromatic hydroxyl groups is 1. The quantitative estimate of drug-likeness (QED) is 0.902. The summed E-state index contributed by atoms with van der Waals surface area (Å²) >= 11 is 0. The zero-order valence-electron chi connectivity index (χ0n) is 13.3. The average molecular weight is 347 g/mol. The fraction of sp³-hybridized carbons (Fsp3) is 0.278. The van der Waals surface area contributed by atoms with E-state index in [1.807, 2.05) is 17.0 Å². The SMILES string of the molecule is N#Cc1ccc(N2CCN(c3ccc(O)cc3)CC2)cc1C(F)(F)F. The maximum Gasteiger partial charge on any atom is 0.417 e. The van der Waals surface area contributed by atoms with Gasteiger partial charge in [-0.15, -0.1) is 0 Å². The Kier molecular flexibility index (Phi) is 4.45. The molecule has 1 saturated heterocycles. The first-order valence-corrected chi connectivity index (χ1v) is 7.79. The van der Waals surface area contributed by atoms with Crippen LogP contribution < -0.4 is 9.80 Å². The van der Waals surface area contributed by atoms with Crippen LogP contribution in [0.25, 0.3) is 0 Å². The molecule has 0 bridgehead atoms. The highest BCUT2D eigenvalue weighted by atomic mass is 19.4. The van der Waals surface area contributed by atoms with Crippen molar-refractivity contribution in [2.45, 2.75) is 6.18 Å². The van der Waals surface area contributed by atoms with Crippen molar-refractivity contribution in [1.29, 1.82) is 5.26 Å². The smallest absolute Gasteiger partial charge is 0.417 e. The Labute approximate surface area is 143 Å². The van der Waals surface area contributed by atoms with E-state index in [4.69, 9.17) is 5.26 Å². The number of anilines is 2. The van der Waals surface area contributed by atoms with E-state index in [0.717, 1.165) is 11.8 Å². The number of phenols is 1. The molecule has 1 fully saturated rings. The van der Waals surface area contributed by atoms with Gasteiger partial charge in [0.2, 0.25) is 0 Å². The van der Waals surface area contributed by atoms with Crippen LogP contribution >= 0.6 is 0 Å². The van der Waals surface area contributed by atoms with Crippen LogP contribution in [0, 0.1) is 11.3 Å². The second-order valence-corrected chi connectivity index (χ2v) is 5.83. The molecule has 130 valence electrons. The maximum atomic E-state index is 13.1. The molecule has 0 aliphatic carbocycles. The van der Waals surface area contributed by atoms with Crippen molar-refractivity contribution in [3.05, 3.63) is 53.6 Å². The highest BCUT2D eigenvalue weighted by Crippen LogP contribution is 2.34. The zero-order valence-corrected chi connectivity index (χ0v) is 13.3. The Morgan fingerprint density at radius 1 is 0.880 bits per heavy atom. The molecule has 1 aliphatic heterocycles. The molecule has 25 heavy (non-hydrogen) atoms. The number of hydrogen-bond acceptors (Lipinski definition) is 4. The Morgan fingerprint density at radius 2 is 1.40 bits per heavy atom. The average Bonchev–Trinajstić information content (AvgIpc) is 2.61. The lowest BCUT2D eigenvalue weighted by molar-refractivity contribution is -0.137. The van der Waals surface area contributed by atoms with E-state index in [-0.39, 0.29) is 11.3 Å². The summed E-state index contributed by atoms with van der Waals surface area (Å²) in [4.78, 5) is 4.00. The van der Waals surface area contributed by atoms with E-state index in [1.165, 1.54) is 6.07 Å². The van der Waals surface area contributed by atoms with Crippen molar-refractivity contribution in [3.8, 4) is 11.8 Å². The van der Waals surface area contributed by atoms with E-state index in [2.05, 4.69) is 4.90 Å². The van der Waals surface area contributed by atoms with Gasteiger partial charge in [0.1, 0.15) is 5.75 Å². The summed E-state index contributed by atoms with van der Waals surface area (Å²) in [7, 11) is 0. The Morgan fingerprint density at radius 3 is 1.92 bits per heavy atom. The molecule has 1 heterocycles. The van der Waals surface area contributed by atoms with Crippen LogP contribution in [0.2, 0.25) is 0 Å². The third-order valence-corrected chi connectivity index (χ3v) is 4.29. The third kappa shape index (κ3) is 3.63. The molecule has 4 nitrogen and oxygen atoms in total. The summed E-state index contributed by atoms with van der Waals surface area (Å²) < 4.78 is 39.3. The molecular formula is C18H16F3N3O. The first kappa shape index (κ1) is 17.0. The number of alkyl halides is 3. The summed E-state index contributed by atoms with van der Waals surface area (Å²) in [5.41, 5.74) is 0.178. The molecule has 7 heteroatoms. The van der Waals surface area contributed by atoms with Crippen LogP contribution in [0.1, 0.15) is 11.1 Å². The summed E-state index contributed by atoms with van der Waals surface area (Å²) in [5.74, 6) is 0.194. The Bertz CT molecular complexity index is 789. The van der Waals surface area contributed by atoms with E-state index in [1.54, 1.807) is 24.3 Å². The minimum atomic E-state index is -4.55. The molecule has 2 aromatic rings. The molecule has 1 N–H and O–H groups in total. The van der Waals surface area contributed by atoms with Crippen LogP contribution in [0.5, 0.6) is 5.75 Å². The lowest BCUT2D eigenvalue weighted by atomic mass is 10.1. The number of phenolic OH excluding ortho intramolecular Hbond substituents is 1. The van der Waals surface area contributed by atoms with E-state index in [0.29, 0.717) is 31.9 Å². The topological polar surface area (TPSA) is 50.5 Å². The monoisotopic (exact) mass is 347 g/mol. The number of nitrogens with zero attached hydrogens (tertiary/aromatic N) is 3. The van der Waals surface area contributed by atoms with Gasteiger partial charge in [0, 0.05) is 37.6 Å². The van der Waals surface area contributed by atoms with Gasteiger partial charge in [-0.25, -0.2) is 0 Å². The second kappa shape index (κ2) is 6.55. The number of hydrogen-bond donors (Lipinski definition) is 1. The molecular weight excluding hydrogens is 331 g/mol. The van der Waals surface area contributed by atoms with Gasteiger partial charge in [-0.05, 0) is 42.5 Å². The second-order valence-electron chi connectivity index (χ2n) is 5.83. The largest absolute Gasteiger partial charge is 0.508 e. The lowest BCUT2D eigenvalue weighted by Gasteiger charge is -2.37. The Balaban J connectivity index is 1.75. The van der Waals surface area contributed by atoms with Crippen molar-refractivity contribution in [1.82, 2.24) is 0 Å². The number of rotatable bonds is 2. The standard InChI is InChI=1S/C18H16F3N3O/c19-18(20,21)17-11-15(2-1-13(17)12-22)24-9-7-23(8-10-24)14-3-5-16(25)6-4-14/h1-6,11,25H,7-10H2. The van der Waals surface area contributed by atoms with E-state index in [9.17, 15) is 18.3 Å². The molecule has 3 rings (SSSR count). The minimum absolute atomic E-state index is 0.194. The molecule has 2 aromatic carbocycles. The number of halogens is 3. The summed E-state index contributed by atoms with van der Waals surface area (Å²) in [6, 6.07) is 12.3. The maximum absolute atomic E-state index is 13.1. The normalized spacial score (nSPS) is 15.1. The van der Waals surface area contributed by atoms with Crippen LogP contribution in [0.15, 0.2) is 42.5 Å². The van der Waals surface area contributed by atoms with Gasteiger partial charge < -0.3 is 14.9 Å².